The van der Waals surface area contributed by atoms with E-state index in [0.29, 0.717) is 17.4 Å². The normalized spacial score (nSPS) is 17.7. The Morgan fingerprint density at radius 1 is 1.56 bits per heavy atom. The number of pyridine rings is 1. The van der Waals surface area contributed by atoms with E-state index < -0.39 is 5.41 Å². The van der Waals surface area contributed by atoms with Crippen LogP contribution >= 0.6 is 11.6 Å². The summed E-state index contributed by atoms with van der Waals surface area (Å²) < 4.78 is 0. The lowest BCUT2D eigenvalue weighted by Gasteiger charge is -2.25. The number of aromatic nitrogens is 1. The lowest BCUT2D eigenvalue weighted by molar-refractivity contribution is -0.124. The van der Waals surface area contributed by atoms with Gasteiger partial charge in [-0.15, -0.1) is 0 Å². The quantitative estimate of drug-likeness (QED) is 0.827. The molecule has 0 bridgehead atoms. The summed E-state index contributed by atoms with van der Waals surface area (Å²) in [6.07, 6.45) is 5.46. The van der Waals surface area contributed by atoms with Crippen molar-refractivity contribution in [1.82, 2.24) is 4.98 Å². The number of nitrogens with zero attached hydrogens (tertiary/aromatic N) is 1. The van der Waals surface area contributed by atoms with E-state index in [4.69, 9.17) is 17.3 Å². The van der Waals surface area contributed by atoms with Crippen LogP contribution in [0.2, 0.25) is 5.15 Å². The van der Waals surface area contributed by atoms with Crippen LogP contribution in [0.15, 0.2) is 12.3 Å². The highest BCUT2D eigenvalue weighted by Crippen LogP contribution is 2.38. The number of carbonyl (C=O) groups is 1. The van der Waals surface area contributed by atoms with Crippen molar-refractivity contribution in [2.24, 2.45) is 11.1 Å². The van der Waals surface area contributed by atoms with E-state index in [1.54, 1.807) is 6.20 Å². The second-order valence-corrected chi connectivity index (χ2v) is 5.34. The minimum atomic E-state index is -0.395. The van der Waals surface area contributed by atoms with Gasteiger partial charge in [-0.2, -0.15) is 0 Å². The maximum absolute atomic E-state index is 12.3. The molecule has 18 heavy (non-hydrogen) atoms. The fraction of sp³-hybridized carbons (Fsp3) is 0.538. The topological polar surface area (TPSA) is 68.0 Å². The van der Waals surface area contributed by atoms with Crippen LogP contribution in [0.1, 0.15) is 31.2 Å². The molecule has 1 aromatic rings. The van der Waals surface area contributed by atoms with E-state index in [-0.39, 0.29) is 5.91 Å². The number of aryl methyl sites for hydroxylation is 1. The van der Waals surface area contributed by atoms with Gasteiger partial charge in [-0.05, 0) is 31.4 Å². The molecule has 0 aromatic carbocycles. The van der Waals surface area contributed by atoms with Gasteiger partial charge in [0.2, 0.25) is 5.91 Å². The Balaban J connectivity index is 2.13. The van der Waals surface area contributed by atoms with Crippen molar-refractivity contribution in [3.8, 4) is 0 Å². The standard InChI is InChI=1S/C13H18ClN3O/c1-9-6-10(7-16-11(9)14)17-12(18)13(8-15)4-2-3-5-13/h6-7H,2-5,8,15H2,1H3,(H,17,18). The number of nitrogens with one attached hydrogen (secondary N) is 1. The Hall–Kier alpha value is -1.13. The third kappa shape index (κ3) is 2.49. The summed E-state index contributed by atoms with van der Waals surface area (Å²) in [7, 11) is 0. The summed E-state index contributed by atoms with van der Waals surface area (Å²) in [5, 5.41) is 3.36. The molecule has 1 fully saturated rings. The smallest absolute Gasteiger partial charge is 0.231 e. The second-order valence-electron chi connectivity index (χ2n) is 4.98. The van der Waals surface area contributed by atoms with E-state index in [2.05, 4.69) is 10.3 Å². The number of amides is 1. The van der Waals surface area contributed by atoms with Gasteiger partial charge in [-0.3, -0.25) is 4.79 Å². The van der Waals surface area contributed by atoms with E-state index >= 15 is 0 Å². The SMILES string of the molecule is Cc1cc(NC(=O)C2(CN)CCCC2)cnc1Cl. The van der Waals surface area contributed by atoms with Crippen molar-refractivity contribution in [2.45, 2.75) is 32.6 Å². The summed E-state index contributed by atoms with van der Waals surface area (Å²) in [6.45, 7) is 2.26. The number of carbonyl (C=O) groups excluding carboxylic acids is 1. The summed E-state index contributed by atoms with van der Waals surface area (Å²) in [6, 6.07) is 1.83. The molecular formula is C13H18ClN3O. The van der Waals surface area contributed by atoms with Crippen molar-refractivity contribution < 1.29 is 4.79 Å². The highest BCUT2D eigenvalue weighted by molar-refractivity contribution is 6.30. The largest absolute Gasteiger partial charge is 0.329 e. The van der Waals surface area contributed by atoms with Crippen LogP contribution in [0.25, 0.3) is 0 Å². The van der Waals surface area contributed by atoms with Gasteiger partial charge in [0, 0.05) is 6.54 Å². The van der Waals surface area contributed by atoms with Gasteiger partial charge in [0.15, 0.2) is 0 Å². The molecule has 1 aliphatic rings. The Kier molecular flexibility index (Phi) is 3.88. The maximum atomic E-state index is 12.3. The molecule has 3 N–H and O–H groups in total. The third-order valence-corrected chi connectivity index (χ3v) is 4.10. The van der Waals surface area contributed by atoms with E-state index in [1.165, 1.54) is 0 Å². The van der Waals surface area contributed by atoms with Gasteiger partial charge < -0.3 is 11.1 Å². The molecule has 1 aromatic heterocycles. The van der Waals surface area contributed by atoms with Crippen LogP contribution < -0.4 is 11.1 Å². The number of hydrogen-bond donors (Lipinski definition) is 2. The van der Waals surface area contributed by atoms with E-state index in [1.807, 2.05) is 13.0 Å². The van der Waals surface area contributed by atoms with Gasteiger partial charge in [0.1, 0.15) is 5.15 Å². The Morgan fingerprint density at radius 2 is 2.22 bits per heavy atom. The zero-order valence-corrected chi connectivity index (χ0v) is 11.3. The molecule has 0 spiro atoms. The minimum Gasteiger partial charge on any atom is -0.329 e. The predicted molar refractivity (Wildman–Crippen MR) is 72.6 cm³/mol. The highest BCUT2D eigenvalue weighted by Gasteiger charge is 2.39. The summed E-state index contributed by atoms with van der Waals surface area (Å²) in [4.78, 5) is 16.3. The molecule has 1 amide bonds. The monoisotopic (exact) mass is 267 g/mol. The van der Waals surface area contributed by atoms with Gasteiger partial charge in [0.05, 0.1) is 17.3 Å². The van der Waals surface area contributed by atoms with Crippen LogP contribution in [-0.4, -0.2) is 17.4 Å². The third-order valence-electron chi connectivity index (χ3n) is 3.71. The first kappa shape index (κ1) is 13.3. The maximum Gasteiger partial charge on any atom is 0.231 e. The first-order valence-corrected chi connectivity index (χ1v) is 6.59. The Morgan fingerprint density at radius 3 is 2.78 bits per heavy atom. The molecule has 2 rings (SSSR count). The molecule has 98 valence electrons. The fourth-order valence-corrected chi connectivity index (χ4v) is 2.57. The molecule has 0 aliphatic heterocycles. The van der Waals surface area contributed by atoms with Gasteiger partial charge in [-0.1, -0.05) is 24.4 Å². The molecule has 1 heterocycles. The average Bonchev–Trinajstić information content (AvgIpc) is 2.84. The number of hydrogen-bond acceptors (Lipinski definition) is 3. The Labute approximate surface area is 112 Å². The molecule has 0 atom stereocenters. The first-order valence-electron chi connectivity index (χ1n) is 6.21. The molecular weight excluding hydrogens is 250 g/mol. The fourth-order valence-electron chi connectivity index (χ4n) is 2.47. The molecule has 0 unspecified atom stereocenters. The second kappa shape index (κ2) is 5.24. The molecule has 1 saturated carbocycles. The molecule has 1 aliphatic carbocycles. The minimum absolute atomic E-state index is 0.00558. The lowest BCUT2D eigenvalue weighted by Crippen LogP contribution is -2.40. The van der Waals surface area contributed by atoms with Crippen molar-refractivity contribution in [3.05, 3.63) is 23.0 Å². The van der Waals surface area contributed by atoms with E-state index in [9.17, 15) is 4.79 Å². The number of halogens is 1. The Bertz CT molecular complexity index is 456. The highest BCUT2D eigenvalue weighted by atomic mass is 35.5. The molecule has 4 nitrogen and oxygen atoms in total. The van der Waals surface area contributed by atoms with Crippen molar-refractivity contribution in [2.75, 3.05) is 11.9 Å². The van der Waals surface area contributed by atoms with Gasteiger partial charge >= 0.3 is 0 Å². The zero-order chi connectivity index (χ0) is 13.2. The van der Waals surface area contributed by atoms with Gasteiger partial charge in [0.25, 0.3) is 0 Å². The van der Waals surface area contributed by atoms with Crippen LogP contribution in [-0.2, 0) is 4.79 Å². The van der Waals surface area contributed by atoms with Crippen LogP contribution in [0.3, 0.4) is 0 Å². The lowest BCUT2D eigenvalue weighted by atomic mass is 9.85. The van der Waals surface area contributed by atoms with Crippen LogP contribution in [0.4, 0.5) is 5.69 Å². The average molecular weight is 268 g/mol. The summed E-state index contributed by atoms with van der Waals surface area (Å²) in [5.74, 6) is 0.00558. The van der Waals surface area contributed by atoms with Crippen molar-refractivity contribution in [3.63, 3.8) is 0 Å². The van der Waals surface area contributed by atoms with E-state index in [0.717, 1.165) is 31.2 Å². The molecule has 0 radical (unpaired) electrons. The van der Waals surface area contributed by atoms with Gasteiger partial charge in [-0.25, -0.2) is 4.98 Å². The summed E-state index contributed by atoms with van der Waals surface area (Å²) in [5.41, 5.74) is 6.92. The molecule has 5 heteroatoms. The summed E-state index contributed by atoms with van der Waals surface area (Å²) >= 11 is 5.86. The number of nitrogens with two attached hydrogens (primary N) is 1. The van der Waals surface area contributed by atoms with Crippen LogP contribution in [0.5, 0.6) is 0 Å². The first-order chi connectivity index (χ1) is 8.57. The van der Waals surface area contributed by atoms with Crippen molar-refractivity contribution in [1.29, 1.82) is 0 Å². The number of anilines is 1. The zero-order valence-electron chi connectivity index (χ0n) is 10.5. The number of rotatable bonds is 3. The van der Waals surface area contributed by atoms with Crippen molar-refractivity contribution >= 4 is 23.2 Å². The molecule has 0 saturated heterocycles. The predicted octanol–water partition coefficient (Wildman–Crippen LogP) is 2.50. The van der Waals surface area contributed by atoms with Crippen LogP contribution in [0, 0.1) is 12.3 Å².